The fraction of sp³-hybridized carbons (Fsp3) is 0.652. The molecule has 4 heteroatoms. The Bertz CT molecular complexity index is 615. The van der Waals surface area contributed by atoms with Crippen LogP contribution in [0.15, 0.2) is 24.8 Å². The highest BCUT2D eigenvalue weighted by atomic mass is 19.2. The maximum atomic E-state index is 14.1. The highest BCUT2D eigenvalue weighted by Crippen LogP contribution is 2.41. The van der Waals surface area contributed by atoms with Crippen molar-refractivity contribution in [3.05, 3.63) is 36.4 Å². The number of halogens is 2. The van der Waals surface area contributed by atoms with Crippen LogP contribution in [0.25, 0.3) is 0 Å². The lowest BCUT2D eigenvalue weighted by molar-refractivity contribution is 0.127. The normalized spacial score (nSPS) is 28.6. The molecule has 0 unspecified atom stereocenters. The van der Waals surface area contributed by atoms with E-state index in [9.17, 15) is 8.78 Å². The lowest BCUT2D eigenvalue weighted by Crippen LogP contribution is -2.27. The zero-order valence-electron chi connectivity index (χ0n) is 16.4. The summed E-state index contributed by atoms with van der Waals surface area (Å²) in [5, 5.41) is 0. The number of hydrogen-bond donors (Lipinski definition) is 0. The van der Waals surface area contributed by atoms with Gasteiger partial charge in [0, 0.05) is 0 Å². The molecule has 2 fully saturated rings. The van der Waals surface area contributed by atoms with Gasteiger partial charge in [-0.05, 0) is 94.1 Å². The predicted octanol–water partition coefficient (Wildman–Crippen LogP) is 6.54. The lowest BCUT2D eigenvalue weighted by Gasteiger charge is -2.37. The molecule has 0 radical (unpaired) electrons. The first-order valence-electron chi connectivity index (χ1n) is 10.5. The fourth-order valence-electron chi connectivity index (χ4n) is 4.78. The van der Waals surface area contributed by atoms with E-state index >= 15 is 0 Å². The Labute approximate surface area is 161 Å². The molecule has 150 valence electrons. The standard InChI is InChI=1S/C23H32F2O2/c1-3-16-5-9-18(10-6-16)19-11-7-17(8-12-19)15-27-21-14-13-20(26-4-2)22(24)23(21)25/h3,13-14,16-19H,1,4-12,15H2,2H3. The maximum absolute atomic E-state index is 14.1. The highest BCUT2D eigenvalue weighted by Gasteiger charge is 2.30. The summed E-state index contributed by atoms with van der Waals surface area (Å²) in [7, 11) is 0. The van der Waals surface area contributed by atoms with Gasteiger partial charge in [-0.3, -0.25) is 0 Å². The summed E-state index contributed by atoms with van der Waals surface area (Å²) in [5.74, 6) is 0.847. The zero-order valence-corrected chi connectivity index (χ0v) is 16.4. The molecular formula is C23H32F2O2. The van der Waals surface area contributed by atoms with Crippen molar-refractivity contribution in [3.8, 4) is 11.5 Å². The smallest absolute Gasteiger partial charge is 0.204 e. The molecule has 0 atom stereocenters. The Kier molecular flexibility index (Phi) is 7.14. The molecule has 0 saturated heterocycles. The highest BCUT2D eigenvalue weighted by molar-refractivity contribution is 5.35. The van der Waals surface area contributed by atoms with Crippen LogP contribution in [-0.2, 0) is 0 Å². The minimum absolute atomic E-state index is 0.0131. The van der Waals surface area contributed by atoms with Crippen molar-refractivity contribution in [2.75, 3.05) is 13.2 Å². The van der Waals surface area contributed by atoms with Crippen LogP contribution in [0.3, 0.4) is 0 Å². The van der Waals surface area contributed by atoms with Crippen molar-refractivity contribution >= 4 is 0 Å². The Balaban J connectivity index is 1.45. The van der Waals surface area contributed by atoms with Crippen LogP contribution in [0.4, 0.5) is 8.78 Å². The molecule has 2 aliphatic rings. The summed E-state index contributed by atoms with van der Waals surface area (Å²) in [6, 6.07) is 2.90. The van der Waals surface area contributed by atoms with Crippen LogP contribution in [0.1, 0.15) is 58.3 Å². The molecule has 0 bridgehead atoms. The third-order valence-electron chi connectivity index (χ3n) is 6.49. The first-order valence-corrected chi connectivity index (χ1v) is 10.5. The van der Waals surface area contributed by atoms with Crippen LogP contribution in [-0.4, -0.2) is 13.2 Å². The largest absolute Gasteiger partial charge is 0.491 e. The number of benzene rings is 1. The third kappa shape index (κ3) is 5.03. The topological polar surface area (TPSA) is 18.5 Å². The van der Waals surface area contributed by atoms with Gasteiger partial charge in [0.1, 0.15) is 0 Å². The number of allylic oxidation sites excluding steroid dienone is 1. The molecule has 0 N–H and O–H groups in total. The van der Waals surface area contributed by atoms with E-state index < -0.39 is 11.6 Å². The molecule has 3 rings (SSSR count). The quantitative estimate of drug-likeness (QED) is 0.501. The minimum atomic E-state index is -0.965. The van der Waals surface area contributed by atoms with E-state index in [1.807, 2.05) is 0 Å². The molecule has 27 heavy (non-hydrogen) atoms. The number of hydrogen-bond acceptors (Lipinski definition) is 2. The van der Waals surface area contributed by atoms with E-state index in [0.717, 1.165) is 30.6 Å². The monoisotopic (exact) mass is 378 g/mol. The van der Waals surface area contributed by atoms with Crippen LogP contribution >= 0.6 is 0 Å². The molecule has 0 amide bonds. The second-order valence-corrected chi connectivity index (χ2v) is 8.13. The summed E-state index contributed by atoms with van der Waals surface area (Å²) in [6.07, 6.45) is 12.1. The van der Waals surface area contributed by atoms with Gasteiger partial charge in [0.15, 0.2) is 11.5 Å². The van der Waals surface area contributed by atoms with Gasteiger partial charge < -0.3 is 9.47 Å². The van der Waals surface area contributed by atoms with E-state index in [4.69, 9.17) is 9.47 Å². The van der Waals surface area contributed by atoms with E-state index in [-0.39, 0.29) is 11.5 Å². The van der Waals surface area contributed by atoms with E-state index in [2.05, 4.69) is 12.7 Å². The Morgan fingerprint density at radius 3 is 1.93 bits per heavy atom. The summed E-state index contributed by atoms with van der Waals surface area (Å²) < 4.78 is 38.7. The molecule has 2 nitrogen and oxygen atoms in total. The molecule has 0 spiro atoms. The lowest BCUT2D eigenvalue weighted by atomic mass is 9.69. The summed E-state index contributed by atoms with van der Waals surface area (Å²) in [6.45, 7) is 6.43. The van der Waals surface area contributed by atoms with Gasteiger partial charge in [0.05, 0.1) is 13.2 Å². The van der Waals surface area contributed by atoms with Gasteiger partial charge in [-0.15, -0.1) is 6.58 Å². The second kappa shape index (κ2) is 9.57. The zero-order chi connectivity index (χ0) is 19.2. The van der Waals surface area contributed by atoms with Crippen molar-refractivity contribution in [2.45, 2.75) is 58.3 Å². The molecular weight excluding hydrogens is 346 g/mol. The van der Waals surface area contributed by atoms with Crippen LogP contribution in [0, 0.1) is 35.3 Å². The third-order valence-corrected chi connectivity index (χ3v) is 6.49. The van der Waals surface area contributed by atoms with Gasteiger partial charge in [0.25, 0.3) is 0 Å². The van der Waals surface area contributed by atoms with Crippen molar-refractivity contribution in [1.82, 2.24) is 0 Å². The Morgan fingerprint density at radius 2 is 1.41 bits per heavy atom. The Morgan fingerprint density at radius 1 is 0.889 bits per heavy atom. The number of ether oxygens (including phenoxy) is 2. The molecule has 0 aromatic heterocycles. The van der Waals surface area contributed by atoms with E-state index in [0.29, 0.717) is 19.1 Å². The van der Waals surface area contributed by atoms with Gasteiger partial charge in [-0.2, -0.15) is 8.78 Å². The van der Waals surface area contributed by atoms with Crippen molar-refractivity contribution < 1.29 is 18.3 Å². The van der Waals surface area contributed by atoms with E-state index in [1.165, 1.54) is 50.7 Å². The Hall–Kier alpha value is -1.58. The van der Waals surface area contributed by atoms with Gasteiger partial charge in [0.2, 0.25) is 11.6 Å². The average molecular weight is 379 g/mol. The summed E-state index contributed by atoms with van der Waals surface area (Å²) >= 11 is 0. The molecule has 1 aromatic rings. The van der Waals surface area contributed by atoms with Crippen LogP contribution in [0.5, 0.6) is 11.5 Å². The molecule has 0 heterocycles. The maximum Gasteiger partial charge on any atom is 0.204 e. The van der Waals surface area contributed by atoms with Crippen molar-refractivity contribution in [1.29, 1.82) is 0 Å². The first kappa shape index (κ1) is 20.2. The summed E-state index contributed by atoms with van der Waals surface area (Å²) in [5.41, 5.74) is 0. The fourth-order valence-corrected chi connectivity index (χ4v) is 4.78. The SMILES string of the molecule is C=CC1CCC(C2CCC(COc3ccc(OCC)c(F)c3F)CC2)CC1. The minimum Gasteiger partial charge on any atom is -0.491 e. The van der Waals surface area contributed by atoms with Crippen LogP contribution in [0.2, 0.25) is 0 Å². The van der Waals surface area contributed by atoms with Crippen molar-refractivity contribution in [3.63, 3.8) is 0 Å². The molecule has 1 aromatic carbocycles. The summed E-state index contributed by atoms with van der Waals surface area (Å²) in [4.78, 5) is 0. The molecule has 2 aliphatic carbocycles. The number of rotatable bonds is 7. The second-order valence-electron chi connectivity index (χ2n) is 8.13. The average Bonchev–Trinajstić information content (AvgIpc) is 2.71. The van der Waals surface area contributed by atoms with Crippen LogP contribution < -0.4 is 9.47 Å². The molecule has 0 aliphatic heterocycles. The first-order chi connectivity index (χ1) is 13.1. The van der Waals surface area contributed by atoms with Crippen molar-refractivity contribution in [2.24, 2.45) is 23.7 Å². The molecule has 2 saturated carbocycles. The van der Waals surface area contributed by atoms with E-state index in [1.54, 1.807) is 6.92 Å². The van der Waals surface area contributed by atoms with Gasteiger partial charge in [-0.25, -0.2) is 0 Å². The van der Waals surface area contributed by atoms with Gasteiger partial charge in [-0.1, -0.05) is 6.08 Å². The van der Waals surface area contributed by atoms with Gasteiger partial charge >= 0.3 is 0 Å². The predicted molar refractivity (Wildman–Crippen MR) is 104 cm³/mol.